The number of hydrogen-bond donors (Lipinski definition) is 1. The van der Waals surface area contributed by atoms with Crippen molar-refractivity contribution in [3.8, 4) is 0 Å². The van der Waals surface area contributed by atoms with E-state index in [0.717, 1.165) is 12.8 Å². The number of ketones is 1. The van der Waals surface area contributed by atoms with Gasteiger partial charge in [0, 0.05) is 11.5 Å². The van der Waals surface area contributed by atoms with Gasteiger partial charge in [-0.05, 0) is 33.6 Å². The number of nitrogens with one attached hydrogen (secondary N) is 1. The van der Waals surface area contributed by atoms with Gasteiger partial charge in [-0.1, -0.05) is 13.8 Å². The fourth-order valence-corrected chi connectivity index (χ4v) is 1.24. The molecule has 0 fully saturated rings. The summed E-state index contributed by atoms with van der Waals surface area (Å²) in [5.74, 6) is 0.592. The van der Waals surface area contributed by atoms with E-state index in [1.165, 1.54) is 0 Å². The predicted molar refractivity (Wildman–Crippen MR) is 56.8 cm³/mol. The SMILES string of the molecule is CCC(CC)C(=O)CNC(C)(C)C. The van der Waals surface area contributed by atoms with Crippen LogP contribution in [0, 0.1) is 5.92 Å². The number of carbonyl (C=O) groups excluding carboxylic acids is 1. The van der Waals surface area contributed by atoms with E-state index in [1.54, 1.807) is 0 Å². The fraction of sp³-hybridized carbons (Fsp3) is 0.909. The number of hydrogen-bond acceptors (Lipinski definition) is 2. The van der Waals surface area contributed by atoms with Crippen LogP contribution in [0.2, 0.25) is 0 Å². The Morgan fingerprint density at radius 2 is 1.69 bits per heavy atom. The molecule has 0 saturated heterocycles. The number of rotatable bonds is 5. The van der Waals surface area contributed by atoms with Crippen molar-refractivity contribution in [1.29, 1.82) is 0 Å². The van der Waals surface area contributed by atoms with Crippen molar-refractivity contribution in [2.45, 2.75) is 53.0 Å². The molecule has 0 spiro atoms. The highest BCUT2D eigenvalue weighted by molar-refractivity contribution is 5.82. The van der Waals surface area contributed by atoms with E-state index in [0.29, 0.717) is 12.3 Å². The molecule has 0 aliphatic rings. The summed E-state index contributed by atoms with van der Waals surface area (Å²) in [6.45, 7) is 10.9. The van der Waals surface area contributed by atoms with Crippen LogP contribution < -0.4 is 5.32 Å². The molecule has 0 aliphatic heterocycles. The third-order valence-electron chi connectivity index (χ3n) is 2.23. The minimum Gasteiger partial charge on any atom is -0.305 e. The zero-order chi connectivity index (χ0) is 10.5. The van der Waals surface area contributed by atoms with Crippen LogP contribution in [-0.4, -0.2) is 17.9 Å². The van der Waals surface area contributed by atoms with Crippen molar-refractivity contribution in [3.63, 3.8) is 0 Å². The molecule has 0 atom stereocenters. The summed E-state index contributed by atoms with van der Waals surface area (Å²) in [6, 6.07) is 0. The maximum atomic E-state index is 11.6. The summed E-state index contributed by atoms with van der Waals surface area (Å²) in [5.41, 5.74) is 0.0433. The van der Waals surface area contributed by atoms with E-state index in [9.17, 15) is 4.79 Å². The summed E-state index contributed by atoms with van der Waals surface area (Å²) < 4.78 is 0. The Balaban J connectivity index is 3.86. The van der Waals surface area contributed by atoms with Gasteiger partial charge in [0.2, 0.25) is 0 Å². The Bertz CT molecular complexity index is 154. The highest BCUT2D eigenvalue weighted by atomic mass is 16.1. The summed E-state index contributed by atoms with van der Waals surface area (Å²) in [7, 11) is 0. The maximum absolute atomic E-state index is 11.6. The van der Waals surface area contributed by atoms with Crippen LogP contribution >= 0.6 is 0 Å². The molecule has 13 heavy (non-hydrogen) atoms. The molecule has 0 saturated carbocycles. The largest absolute Gasteiger partial charge is 0.305 e. The topological polar surface area (TPSA) is 29.1 Å². The van der Waals surface area contributed by atoms with Gasteiger partial charge >= 0.3 is 0 Å². The third kappa shape index (κ3) is 5.81. The van der Waals surface area contributed by atoms with Crippen LogP contribution in [0.4, 0.5) is 0 Å². The zero-order valence-corrected chi connectivity index (χ0v) is 9.61. The number of Topliss-reactive ketones (excluding diaryl/α,β-unsaturated/α-hetero) is 1. The van der Waals surface area contributed by atoms with Crippen LogP contribution in [0.3, 0.4) is 0 Å². The molecule has 0 aromatic carbocycles. The molecule has 0 bridgehead atoms. The molecule has 2 heteroatoms. The average molecular weight is 185 g/mol. The summed E-state index contributed by atoms with van der Waals surface area (Å²) in [4.78, 5) is 11.6. The molecular formula is C11H23NO. The maximum Gasteiger partial charge on any atom is 0.149 e. The van der Waals surface area contributed by atoms with E-state index < -0.39 is 0 Å². The lowest BCUT2D eigenvalue weighted by Crippen LogP contribution is -2.40. The molecule has 2 nitrogen and oxygen atoms in total. The van der Waals surface area contributed by atoms with E-state index in [4.69, 9.17) is 0 Å². The van der Waals surface area contributed by atoms with Crippen molar-refractivity contribution in [2.75, 3.05) is 6.54 Å². The molecule has 0 unspecified atom stereocenters. The highest BCUT2D eigenvalue weighted by Crippen LogP contribution is 2.09. The Labute approximate surface area is 82.1 Å². The molecule has 0 aromatic rings. The first-order valence-corrected chi connectivity index (χ1v) is 5.18. The van der Waals surface area contributed by atoms with E-state index in [2.05, 4.69) is 39.9 Å². The summed E-state index contributed by atoms with van der Waals surface area (Å²) in [5, 5.41) is 3.22. The lowest BCUT2D eigenvalue weighted by atomic mass is 9.97. The molecule has 0 radical (unpaired) electrons. The third-order valence-corrected chi connectivity index (χ3v) is 2.23. The lowest BCUT2D eigenvalue weighted by Gasteiger charge is -2.21. The fourth-order valence-electron chi connectivity index (χ4n) is 1.24. The van der Waals surface area contributed by atoms with Crippen LogP contribution in [-0.2, 0) is 4.79 Å². The minimum absolute atomic E-state index is 0.0433. The standard InChI is InChI=1S/C11H23NO/c1-6-9(7-2)10(13)8-12-11(3,4)5/h9,12H,6-8H2,1-5H3. The minimum atomic E-state index is 0.0433. The Morgan fingerprint density at radius 3 is 2.00 bits per heavy atom. The highest BCUT2D eigenvalue weighted by Gasteiger charge is 2.16. The van der Waals surface area contributed by atoms with Gasteiger partial charge in [-0.15, -0.1) is 0 Å². The molecule has 0 amide bonds. The van der Waals surface area contributed by atoms with Gasteiger partial charge in [0.25, 0.3) is 0 Å². The van der Waals surface area contributed by atoms with Gasteiger partial charge in [0.05, 0.1) is 6.54 Å². The Morgan fingerprint density at radius 1 is 1.23 bits per heavy atom. The van der Waals surface area contributed by atoms with Gasteiger partial charge in [-0.25, -0.2) is 0 Å². The van der Waals surface area contributed by atoms with Gasteiger partial charge in [0.1, 0.15) is 5.78 Å². The van der Waals surface area contributed by atoms with Crippen molar-refractivity contribution >= 4 is 5.78 Å². The molecule has 78 valence electrons. The van der Waals surface area contributed by atoms with Crippen molar-refractivity contribution in [1.82, 2.24) is 5.32 Å². The van der Waals surface area contributed by atoms with Gasteiger partial charge in [0.15, 0.2) is 0 Å². The molecule has 0 aromatic heterocycles. The van der Waals surface area contributed by atoms with Crippen molar-refractivity contribution in [3.05, 3.63) is 0 Å². The van der Waals surface area contributed by atoms with Crippen LogP contribution in [0.5, 0.6) is 0 Å². The monoisotopic (exact) mass is 185 g/mol. The molecule has 0 heterocycles. The van der Waals surface area contributed by atoms with E-state index in [-0.39, 0.29) is 11.5 Å². The summed E-state index contributed by atoms with van der Waals surface area (Å²) in [6.07, 6.45) is 1.92. The first-order chi connectivity index (χ1) is 5.90. The Hall–Kier alpha value is -0.370. The second kappa shape index (κ2) is 5.38. The van der Waals surface area contributed by atoms with Crippen molar-refractivity contribution in [2.24, 2.45) is 5.92 Å². The van der Waals surface area contributed by atoms with Crippen LogP contribution in [0.25, 0.3) is 0 Å². The van der Waals surface area contributed by atoms with E-state index >= 15 is 0 Å². The average Bonchev–Trinajstić information content (AvgIpc) is 2.02. The molecule has 1 N–H and O–H groups in total. The molecule has 0 aliphatic carbocycles. The van der Waals surface area contributed by atoms with Crippen LogP contribution in [0.1, 0.15) is 47.5 Å². The number of carbonyl (C=O) groups is 1. The van der Waals surface area contributed by atoms with Crippen LogP contribution in [0.15, 0.2) is 0 Å². The smallest absolute Gasteiger partial charge is 0.149 e. The van der Waals surface area contributed by atoms with Gasteiger partial charge < -0.3 is 5.32 Å². The lowest BCUT2D eigenvalue weighted by molar-refractivity contribution is -0.122. The zero-order valence-electron chi connectivity index (χ0n) is 9.61. The summed E-state index contributed by atoms with van der Waals surface area (Å²) >= 11 is 0. The Kier molecular flexibility index (Phi) is 5.23. The predicted octanol–water partition coefficient (Wildman–Crippen LogP) is 2.38. The molecule has 0 rings (SSSR count). The van der Waals surface area contributed by atoms with E-state index in [1.807, 2.05) is 0 Å². The first-order valence-electron chi connectivity index (χ1n) is 5.18. The van der Waals surface area contributed by atoms with Gasteiger partial charge in [-0.3, -0.25) is 4.79 Å². The normalized spacial score (nSPS) is 12.2. The van der Waals surface area contributed by atoms with Crippen molar-refractivity contribution < 1.29 is 4.79 Å². The van der Waals surface area contributed by atoms with Gasteiger partial charge in [-0.2, -0.15) is 0 Å². The quantitative estimate of drug-likeness (QED) is 0.712. The molecular weight excluding hydrogens is 162 g/mol. The second-order valence-corrected chi connectivity index (χ2v) is 4.58. The first kappa shape index (κ1) is 12.6. The second-order valence-electron chi connectivity index (χ2n) is 4.58.